The Morgan fingerprint density at radius 1 is 1.00 bits per heavy atom. The maximum Gasteiger partial charge on any atom is 0.324 e. The molecule has 1 aliphatic heterocycles. The molecule has 1 aliphatic rings. The SMILES string of the molecule is C1CCPC1.OP(O)O. The summed E-state index contributed by atoms with van der Waals surface area (Å²) in [5.41, 5.74) is 0. The standard InChI is InChI=1S/C4H9P.H3O3P/c1-2-4-5-3-1;1-4(2)3/h5H,1-4H2;1-3H. The molecule has 0 unspecified atom stereocenters. The van der Waals surface area contributed by atoms with Crippen molar-refractivity contribution in [3.8, 4) is 0 Å². The van der Waals surface area contributed by atoms with Crippen molar-refractivity contribution in [2.75, 3.05) is 12.3 Å². The average Bonchev–Trinajstić information content (AvgIpc) is 2.11. The quantitative estimate of drug-likeness (QED) is 0.468. The second-order valence-corrected chi connectivity index (χ2v) is 3.76. The van der Waals surface area contributed by atoms with Gasteiger partial charge in [0.25, 0.3) is 0 Å². The normalized spacial score (nSPS) is 17.3. The van der Waals surface area contributed by atoms with E-state index in [1.807, 2.05) is 0 Å². The van der Waals surface area contributed by atoms with Gasteiger partial charge < -0.3 is 14.7 Å². The van der Waals surface area contributed by atoms with Gasteiger partial charge in [-0.2, -0.15) is 0 Å². The summed E-state index contributed by atoms with van der Waals surface area (Å²) in [7, 11) is -1.31. The van der Waals surface area contributed by atoms with E-state index in [2.05, 4.69) is 0 Å². The fraction of sp³-hybridized carbons (Fsp3) is 1.00. The van der Waals surface area contributed by atoms with Crippen LogP contribution in [0.25, 0.3) is 0 Å². The molecule has 0 amide bonds. The predicted octanol–water partition coefficient (Wildman–Crippen LogP) is 0.649. The summed E-state index contributed by atoms with van der Waals surface area (Å²) in [5.74, 6) is 0. The van der Waals surface area contributed by atoms with Crippen molar-refractivity contribution in [3.63, 3.8) is 0 Å². The summed E-state index contributed by atoms with van der Waals surface area (Å²) in [4.78, 5) is 21.7. The van der Waals surface area contributed by atoms with Crippen molar-refractivity contribution >= 4 is 17.2 Å². The van der Waals surface area contributed by atoms with Crippen LogP contribution in [0.1, 0.15) is 12.8 Å². The molecule has 1 heterocycles. The molecule has 0 spiro atoms. The zero-order valence-electron chi connectivity index (χ0n) is 5.12. The first kappa shape index (κ1) is 9.74. The van der Waals surface area contributed by atoms with Crippen molar-refractivity contribution in [3.05, 3.63) is 0 Å². The van der Waals surface area contributed by atoms with Gasteiger partial charge in [-0.05, 0) is 25.2 Å². The van der Waals surface area contributed by atoms with Crippen molar-refractivity contribution in [2.24, 2.45) is 0 Å². The van der Waals surface area contributed by atoms with Gasteiger partial charge >= 0.3 is 8.60 Å². The van der Waals surface area contributed by atoms with Crippen LogP contribution in [-0.2, 0) is 0 Å². The highest BCUT2D eigenvalue weighted by atomic mass is 31.2. The van der Waals surface area contributed by atoms with E-state index < -0.39 is 8.60 Å². The Morgan fingerprint density at radius 3 is 1.44 bits per heavy atom. The lowest BCUT2D eigenvalue weighted by atomic mass is 10.4. The van der Waals surface area contributed by atoms with Crippen LogP contribution in [0.5, 0.6) is 0 Å². The van der Waals surface area contributed by atoms with Gasteiger partial charge in [0.05, 0.1) is 0 Å². The highest BCUT2D eigenvalue weighted by Crippen LogP contribution is 2.21. The Labute approximate surface area is 57.9 Å². The van der Waals surface area contributed by atoms with E-state index >= 15 is 0 Å². The highest BCUT2D eigenvalue weighted by molar-refractivity contribution is 7.38. The summed E-state index contributed by atoms with van der Waals surface area (Å²) in [5, 5.41) is 0. The van der Waals surface area contributed by atoms with Crippen molar-refractivity contribution in [1.29, 1.82) is 0 Å². The van der Waals surface area contributed by atoms with Crippen LogP contribution < -0.4 is 0 Å². The minimum atomic E-state index is -2.62. The van der Waals surface area contributed by atoms with Gasteiger partial charge in [-0.15, -0.1) is 8.58 Å². The van der Waals surface area contributed by atoms with E-state index in [0.717, 1.165) is 0 Å². The molecule has 0 aliphatic carbocycles. The molecule has 9 heavy (non-hydrogen) atoms. The summed E-state index contributed by atoms with van der Waals surface area (Å²) >= 11 is 0. The molecule has 0 aromatic carbocycles. The largest absolute Gasteiger partial charge is 0.328 e. The Balaban J connectivity index is 0.000000148. The minimum Gasteiger partial charge on any atom is -0.328 e. The second-order valence-electron chi connectivity index (χ2n) is 1.73. The molecule has 1 saturated heterocycles. The van der Waals surface area contributed by atoms with Crippen LogP contribution in [0.15, 0.2) is 0 Å². The molecule has 5 heteroatoms. The molecule has 0 bridgehead atoms. The molecular formula is C4H12O3P2. The molecule has 1 fully saturated rings. The maximum absolute atomic E-state index is 7.23. The summed E-state index contributed by atoms with van der Waals surface area (Å²) in [6.07, 6.45) is 6.08. The fourth-order valence-electron chi connectivity index (χ4n) is 0.625. The van der Waals surface area contributed by atoms with Crippen LogP contribution >= 0.6 is 17.2 Å². The van der Waals surface area contributed by atoms with E-state index in [-0.39, 0.29) is 0 Å². The molecule has 1 rings (SSSR count). The van der Waals surface area contributed by atoms with E-state index in [0.29, 0.717) is 0 Å². The van der Waals surface area contributed by atoms with Crippen LogP contribution in [0.2, 0.25) is 0 Å². The Kier molecular flexibility index (Phi) is 7.42. The second kappa shape index (κ2) is 6.85. The Morgan fingerprint density at radius 2 is 1.33 bits per heavy atom. The fourth-order valence-corrected chi connectivity index (χ4v) is 1.87. The zero-order valence-corrected chi connectivity index (χ0v) is 7.01. The number of rotatable bonds is 0. The Hall–Kier alpha value is 0.740. The van der Waals surface area contributed by atoms with Gasteiger partial charge in [0.2, 0.25) is 0 Å². The van der Waals surface area contributed by atoms with Crippen LogP contribution in [0.3, 0.4) is 0 Å². The number of hydrogen-bond acceptors (Lipinski definition) is 3. The van der Waals surface area contributed by atoms with E-state index in [4.69, 9.17) is 14.7 Å². The van der Waals surface area contributed by atoms with Crippen LogP contribution in [0.4, 0.5) is 0 Å². The molecule has 0 aromatic rings. The van der Waals surface area contributed by atoms with Gasteiger partial charge in [-0.1, -0.05) is 0 Å². The highest BCUT2D eigenvalue weighted by Gasteiger charge is 1.94. The summed E-state index contributed by atoms with van der Waals surface area (Å²) in [6.45, 7) is 0. The lowest BCUT2D eigenvalue weighted by Gasteiger charge is -1.76. The molecule has 0 radical (unpaired) electrons. The smallest absolute Gasteiger partial charge is 0.324 e. The zero-order chi connectivity index (χ0) is 7.11. The first-order valence-corrected chi connectivity index (χ1v) is 5.42. The van der Waals surface area contributed by atoms with Crippen LogP contribution in [-0.4, -0.2) is 27.0 Å². The van der Waals surface area contributed by atoms with E-state index in [9.17, 15) is 0 Å². The van der Waals surface area contributed by atoms with Gasteiger partial charge in [0.1, 0.15) is 0 Å². The van der Waals surface area contributed by atoms with E-state index in [1.165, 1.54) is 33.7 Å². The third kappa shape index (κ3) is 12.1. The van der Waals surface area contributed by atoms with Gasteiger partial charge in [-0.25, -0.2) is 0 Å². The Bertz CT molecular complexity index is 45.4. The molecule has 3 nitrogen and oxygen atoms in total. The molecule has 0 atom stereocenters. The molecule has 0 aromatic heterocycles. The van der Waals surface area contributed by atoms with E-state index in [1.54, 1.807) is 0 Å². The third-order valence-corrected chi connectivity index (χ3v) is 2.37. The average molecular weight is 170 g/mol. The first-order valence-electron chi connectivity index (χ1n) is 2.81. The lowest BCUT2D eigenvalue weighted by Crippen LogP contribution is -1.58. The third-order valence-electron chi connectivity index (χ3n) is 0.957. The van der Waals surface area contributed by atoms with Gasteiger partial charge in [-0.3, -0.25) is 0 Å². The van der Waals surface area contributed by atoms with Gasteiger partial charge in [0.15, 0.2) is 0 Å². The first-order chi connectivity index (χ1) is 4.23. The van der Waals surface area contributed by atoms with Crippen molar-refractivity contribution in [1.82, 2.24) is 0 Å². The molecule has 0 saturated carbocycles. The van der Waals surface area contributed by atoms with Crippen molar-refractivity contribution in [2.45, 2.75) is 12.8 Å². The lowest BCUT2D eigenvalue weighted by molar-refractivity contribution is 0.368. The molecule has 3 N–H and O–H groups in total. The molecular weight excluding hydrogens is 158 g/mol. The van der Waals surface area contributed by atoms with Gasteiger partial charge in [0, 0.05) is 0 Å². The number of hydrogen-bond donors (Lipinski definition) is 3. The summed E-state index contributed by atoms with van der Waals surface area (Å²) < 4.78 is 0. The minimum absolute atomic E-state index is 1.31. The predicted molar refractivity (Wildman–Crippen MR) is 40.9 cm³/mol. The molecule has 56 valence electrons. The maximum atomic E-state index is 7.23. The van der Waals surface area contributed by atoms with Crippen molar-refractivity contribution < 1.29 is 14.7 Å². The monoisotopic (exact) mass is 170 g/mol. The summed E-state index contributed by atoms with van der Waals surface area (Å²) in [6, 6.07) is 0. The topological polar surface area (TPSA) is 60.7 Å². The van der Waals surface area contributed by atoms with Crippen LogP contribution in [0, 0.1) is 0 Å².